The average molecular weight is 262 g/mol. The summed E-state index contributed by atoms with van der Waals surface area (Å²) < 4.78 is 0. The van der Waals surface area contributed by atoms with Crippen LogP contribution in [0.3, 0.4) is 0 Å². The molecule has 1 rings (SSSR count). The third-order valence-electron chi connectivity index (χ3n) is 3.73. The summed E-state index contributed by atoms with van der Waals surface area (Å²) in [5.41, 5.74) is 2.19. The van der Waals surface area contributed by atoms with E-state index < -0.39 is 0 Å². The molecular formula is C18H30O. The minimum Gasteiger partial charge on any atom is -0.507 e. The summed E-state index contributed by atoms with van der Waals surface area (Å²) in [6, 6.07) is 6.18. The largest absolute Gasteiger partial charge is 0.507 e. The molecule has 0 amide bonds. The first-order valence-electron chi connectivity index (χ1n) is 7.78. The Balaban J connectivity index is 2.51. The predicted molar refractivity (Wildman–Crippen MR) is 83.9 cm³/mol. The van der Waals surface area contributed by atoms with E-state index in [4.69, 9.17) is 0 Å². The monoisotopic (exact) mass is 262 g/mol. The van der Waals surface area contributed by atoms with Gasteiger partial charge >= 0.3 is 0 Å². The number of aryl methyl sites for hydroxylation is 1. The van der Waals surface area contributed by atoms with Crippen LogP contribution < -0.4 is 0 Å². The molecular weight excluding hydrogens is 232 g/mol. The maximum Gasteiger partial charge on any atom is 0.122 e. The number of para-hydroxylation sites is 1. The zero-order valence-electron chi connectivity index (χ0n) is 13.1. The Hall–Kier alpha value is -0.980. The van der Waals surface area contributed by atoms with E-state index in [1.165, 1.54) is 38.5 Å². The Bertz CT molecular complexity index is 374. The van der Waals surface area contributed by atoms with Crippen molar-refractivity contribution in [3.05, 3.63) is 29.3 Å². The summed E-state index contributed by atoms with van der Waals surface area (Å²) in [6.07, 6.45) is 8.79. The highest BCUT2D eigenvalue weighted by Gasteiger charge is 2.19. The van der Waals surface area contributed by atoms with Crippen LogP contribution in [-0.2, 0) is 11.8 Å². The normalized spacial score (nSPS) is 11.8. The highest BCUT2D eigenvalue weighted by molar-refractivity contribution is 5.44. The number of hydrogen-bond acceptors (Lipinski definition) is 1. The second-order valence-corrected chi connectivity index (χ2v) is 6.58. The zero-order valence-corrected chi connectivity index (χ0v) is 13.1. The fourth-order valence-corrected chi connectivity index (χ4v) is 2.49. The molecule has 0 aliphatic heterocycles. The summed E-state index contributed by atoms with van der Waals surface area (Å²) in [7, 11) is 0. The van der Waals surface area contributed by atoms with Gasteiger partial charge in [-0.25, -0.2) is 0 Å². The molecule has 0 aliphatic carbocycles. The van der Waals surface area contributed by atoms with Crippen LogP contribution in [0, 0.1) is 0 Å². The van der Waals surface area contributed by atoms with Gasteiger partial charge in [-0.3, -0.25) is 0 Å². The summed E-state index contributed by atoms with van der Waals surface area (Å²) in [6.45, 7) is 8.69. The molecule has 1 aromatic carbocycles. The van der Waals surface area contributed by atoms with Crippen LogP contribution in [0.25, 0.3) is 0 Å². The zero-order chi connectivity index (χ0) is 14.3. The number of benzene rings is 1. The van der Waals surface area contributed by atoms with Crippen molar-refractivity contribution in [3.63, 3.8) is 0 Å². The summed E-state index contributed by atoms with van der Waals surface area (Å²) in [5, 5.41) is 10.4. The molecule has 1 nitrogen and oxygen atoms in total. The van der Waals surface area contributed by atoms with Crippen molar-refractivity contribution in [1.82, 2.24) is 0 Å². The molecule has 19 heavy (non-hydrogen) atoms. The van der Waals surface area contributed by atoms with Crippen LogP contribution in [0.5, 0.6) is 5.75 Å². The minimum absolute atomic E-state index is 0.0151. The van der Waals surface area contributed by atoms with Gasteiger partial charge in [-0.15, -0.1) is 0 Å². The number of phenolic OH excluding ortho intramolecular Hbond substituents is 1. The van der Waals surface area contributed by atoms with Gasteiger partial charge in [0.25, 0.3) is 0 Å². The van der Waals surface area contributed by atoms with E-state index in [1.54, 1.807) is 0 Å². The molecule has 0 spiro atoms. The van der Waals surface area contributed by atoms with Gasteiger partial charge in [-0.05, 0) is 29.4 Å². The molecule has 1 aromatic rings. The van der Waals surface area contributed by atoms with Gasteiger partial charge in [0.1, 0.15) is 5.75 Å². The molecule has 108 valence electrons. The lowest BCUT2D eigenvalue weighted by Gasteiger charge is -2.21. The summed E-state index contributed by atoms with van der Waals surface area (Å²) >= 11 is 0. The van der Waals surface area contributed by atoms with Gasteiger partial charge in [0.05, 0.1) is 0 Å². The Kier molecular flexibility index (Phi) is 6.41. The second kappa shape index (κ2) is 7.57. The first-order valence-corrected chi connectivity index (χ1v) is 7.78. The Morgan fingerprint density at radius 1 is 0.947 bits per heavy atom. The molecule has 0 aromatic heterocycles. The standard InChI is InChI=1S/C18H30O/c1-5-6-7-8-9-10-12-15-13-11-14-16(17(15)19)18(2,3)4/h11,13-14,19H,5-10,12H2,1-4H3. The van der Waals surface area contributed by atoms with Crippen molar-refractivity contribution in [2.75, 3.05) is 0 Å². The molecule has 0 atom stereocenters. The molecule has 0 bridgehead atoms. The van der Waals surface area contributed by atoms with E-state index in [2.05, 4.69) is 39.8 Å². The lowest BCUT2D eigenvalue weighted by Crippen LogP contribution is -2.11. The molecule has 0 heterocycles. The molecule has 0 fully saturated rings. The topological polar surface area (TPSA) is 20.2 Å². The van der Waals surface area contributed by atoms with E-state index >= 15 is 0 Å². The van der Waals surface area contributed by atoms with Crippen molar-refractivity contribution < 1.29 is 5.11 Å². The van der Waals surface area contributed by atoms with Crippen LogP contribution in [0.15, 0.2) is 18.2 Å². The summed E-state index contributed by atoms with van der Waals surface area (Å²) in [4.78, 5) is 0. The Morgan fingerprint density at radius 2 is 1.58 bits per heavy atom. The fraction of sp³-hybridized carbons (Fsp3) is 0.667. The summed E-state index contributed by atoms with van der Waals surface area (Å²) in [5.74, 6) is 0.517. The van der Waals surface area contributed by atoms with Gasteiger partial charge in [0.2, 0.25) is 0 Å². The number of rotatable bonds is 7. The van der Waals surface area contributed by atoms with Crippen LogP contribution in [-0.4, -0.2) is 5.11 Å². The van der Waals surface area contributed by atoms with Crippen LogP contribution in [0.2, 0.25) is 0 Å². The van der Waals surface area contributed by atoms with E-state index in [0.29, 0.717) is 5.75 Å². The minimum atomic E-state index is 0.0151. The molecule has 0 saturated carbocycles. The number of aromatic hydroxyl groups is 1. The third-order valence-corrected chi connectivity index (χ3v) is 3.73. The second-order valence-electron chi connectivity index (χ2n) is 6.58. The number of unbranched alkanes of at least 4 members (excludes halogenated alkanes) is 5. The molecule has 1 N–H and O–H groups in total. The van der Waals surface area contributed by atoms with Gasteiger partial charge in [-0.1, -0.05) is 78.0 Å². The van der Waals surface area contributed by atoms with E-state index in [1.807, 2.05) is 6.07 Å². The number of hydrogen-bond donors (Lipinski definition) is 1. The molecule has 0 unspecified atom stereocenters. The van der Waals surface area contributed by atoms with Crippen molar-refractivity contribution in [2.45, 2.75) is 78.1 Å². The molecule has 0 saturated heterocycles. The highest BCUT2D eigenvalue weighted by Crippen LogP contribution is 2.33. The SMILES string of the molecule is CCCCCCCCc1cccc(C(C)(C)C)c1O. The van der Waals surface area contributed by atoms with Crippen LogP contribution >= 0.6 is 0 Å². The molecule has 1 heteroatoms. The quantitative estimate of drug-likeness (QED) is 0.635. The van der Waals surface area contributed by atoms with Crippen molar-refractivity contribution in [2.24, 2.45) is 0 Å². The lowest BCUT2D eigenvalue weighted by atomic mass is 9.84. The smallest absolute Gasteiger partial charge is 0.122 e. The molecule has 0 aliphatic rings. The van der Waals surface area contributed by atoms with Crippen LogP contribution in [0.1, 0.15) is 77.3 Å². The lowest BCUT2D eigenvalue weighted by molar-refractivity contribution is 0.438. The van der Waals surface area contributed by atoms with E-state index in [9.17, 15) is 5.11 Å². The van der Waals surface area contributed by atoms with Crippen LogP contribution in [0.4, 0.5) is 0 Å². The van der Waals surface area contributed by atoms with E-state index in [0.717, 1.165) is 17.5 Å². The predicted octanol–water partition coefficient (Wildman–Crippen LogP) is 5.59. The average Bonchev–Trinajstić information content (AvgIpc) is 2.34. The Morgan fingerprint density at radius 3 is 2.21 bits per heavy atom. The third kappa shape index (κ3) is 5.26. The number of phenols is 1. The van der Waals surface area contributed by atoms with Crippen molar-refractivity contribution in [3.8, 4) is 5.75 Å². The van der Waals surface area contributed by atoms with E-state index in [-0.39, 0.29) is 5.41 Å². The van der Waals surface area contributed by atoms with Crippen molar-refractivity contribution >= 4 is 0 Å². The first-order chi connectivity index (χ1) is 8.96. The van der Waals surface area contributed by atoms with Gasteiger partial charge in [-0.2, -0.15) is 0 Å². The fourth-order valence-electron chi connectivity index (χ4n) is 2.49. The highest BCUT2D eigenvalue weighted by atomic mass is 16.3. The molecule has 0 radical (unpaired) electrons. The van der Waals surface area contributed by atoms with Gasteiger partial charge in [0.15, 0.2) is 0 Å². The van der Waals surface area contributed by atoms with Gasteiger partial charge < -0.3 is 5.11 Å². The van der Waals surface area contributed by atoms with Gasteiger partial charge in [0, 0.05) is 0 Å². The maximum atomic E-state index is 10.4. The Labute approximate surface area is 119 Å². The first kappa shape index (κ1) is 16.1. The maximum absolute atomic E-state index is 10.4. The van der Waals surface area contributed by atoms with Crippen molar-refractivity contribution in [1.29, 1.82) is 0 Å².